The molecule has 0 radical (unpaired) electrons. The molecule has 5 aromatic rings. The number of aromatic nitrogens is 1. The number of benzene rings is 4. The van der Waals surface area contributed by atoms with Crippen molar-refractivity contribution in [3.05, 3.63) is 104 Å². The number of rotatable bonds is 9. The fourth-order valence-electron chi connectivity index (χ4n) is 6.07. The second-order valence-electron chi connectivity index (χ2n) is 11.0. The summed E-state index contributed by atoms with van der Waals surface area (Å²) in [6, 6.07) is 16.3. The van der Waals surface area contributed by atoms with Crippen LogP contribution in [-0.2, 0) is 6.54 Å². The molecule has 6 rings (SSSR count). The maximum atomic E-state index is 9.75. The molecule has 0 spiro atoms. The minimum Gasteiger partial charge on any atom is -0.418 e. The van der Waals surface area contributed by atoms with E-state index in [1.807, 2.05) is 12.1 Å². The number of hydrogen-bond donors (Lipinski definition) is 0. The maximum Gasteiger partial charge on any atom is 0.673 e. The van der Waals surface area contributed by atoms with E-state index in [9.17, 15) is 17.3 Å². The first kappa shape index (κ1) is 34.4. The van der Waals surface area contributed by atoms with Crippen molar-refractivity contribution in [2.45, 2.75) is 46.1 Å². The summed E-state index contributed by atoms with van der Waals surface area (Å²) in [6.45, 7) is 6.21. The van der Waals surface area contributed by atoms with E-state index in [0.717, 1.165) is 93.5 Å². The van der Waals surface area contributed by atoms with Crippen molar-refractivity contribution < 1.29 is 21.8 Å². The molecule has 1 aliphatic rings. The Bertz CT molecular complexity index is 2070. The molecule has 2 nitrogen and oxygen atoms in total. The molecule has 0 fully saturated rings. The normalized spacial score (nSPS) is 13.8. The molecule has 0 saturated heterocycles. The number of aryl methyl sites for hydroxylation is 1. The second kappa shape index (κ2) is 14.4. The van der Waals surface area contributed by atoms with Gasteiger partial charge in [-0.05, 0) is 30.7 Å². The minimum atomic E-state index is -6.00. The lowest BCUT2D eigenvalue weighted by Crippen LogP contribution is -2.16. The van der Waals surface area contributed by atoms with Crippen LogP contribution in [0.5, 0.6) is 0 Å². The molecule has 11 heteroatoms. The quantitative estimate of drug-likeness (QED) is 0.0624. The lowest BCUT2D eigenvalue weighted by Gasteiger charge is -2.08. The summed E-state index contributed by atoms with van der Waals surface area (Å²) in [5, 5.41) is 9.39. The first-order chi connectivity index (χ1) is 22.0. The van der Waals surface area contributed by atoms with E-state index in [0.29, 0.717) is 20.1 Å². The third-order valence-electron chi connectivity index (χ3n) is 7.95. The Labute approximate surface area is 285 Å². The van der Waals surface area contributed by atoms with Crippen molar-refractivity contribution in [3.8, 4) is 0 Å². The first-order valence-corrected chi connectivity index (χ1v) is 16.6. The van der Waals surface area contributed by atoms with Crippen LogP contribution in [0.2, 0.25) is 20.1 Å². The predicted octanol–water partition coefficient (Wildman–Crippen LogP) is 12.2. The van der Waals surface area contributed by atoms with Crippen molar-refractivity contribution in [1.29, 1.82) is 0 Å². The van der Waals surface area contributed by atoms with Gasteiger partial charge < -0.3 is 21.8 Å². The van der Waals surface area contributed by atoms with Gasteiger partial charge in [-0.1, -0.05) is 122 Å². The van der Waals surface area contributed by atoms with Gasteiger partial charge in [-0.25, -0.2) is 0 Å². The van der Waals surface area contributed by atoms with Crippen LogP contribution in [0.3, 0.4) is 0 Å². The largest absolute Gasteiger partial charge is 0.673 e. The van der Waals surface area contributed by atoms with Crippen LogP contribution in [0, 0.1) is 0 Å². The molecule has 1 aromatic heterocycles. The number of hydrogen-bond acceptors (Lipinski definition) is 0. The standard InChI is InChI=1S/C35H31Cl4N2.BF4/c1-3-5-18-40-30(24-14-10-12-22-26(36)20-28(38)34(40)32(22)24)16-8-7-9-17-31-25-15-11-13-23-27(37)21-29(39)35(33(23)25)41(31)19-6-4-2;2-1(3,4)5/h7-17,20-21H,3-6,18-19H2,1-2H3;/q+1;-1. The Balaban J connectivity index is 0.000000775. The molecular weight excluding hydrogens is 677 g/mol. The smallest absolute Gasteiger partial charge is 0.418 e. The Morgan fingerprint density at radius 3 is 2.02 bits per heavy atom. The fourth-order valence-corrected chi connectivity index (χ4v) is 7.32. The van der Waals surface area contributed by atoms with Crippen molar-refractivity contribution >= 4 is 104 Å². The fraction of sp³-hybridized carbons (Fsp3) is 0.229. The zero-order valence-electron chi connectivity index (χ0n) is 25.2. The van der Waals surface area contributed by atoms with Gasteiger partial charge in [0.2, 0.25) is 11.4 Å². The van der Waals surface area contributed by atoms with Gasteiger partial charge in [0.15, 0.2) is 0 Å². The third kappa shape index (κ3) is 6.99. The van der Waals surface area contributed by atoms with Gasteiger partial charge in [0.05, 0.1) is 31.5 Å². The Morgan fingerprint density at radius 2 is 1.35 bits per heavy atom. The van der Waals surface area contributed by atoms with E-state index in [1.54, 1.807) is 0 Å². The average Bonchev–Trinajstić information content (AvgIpc) is 3.49. The first-order valence-electron chi connectivity index (χ1n) is 15.1. The monoisotopic (exact) mass is 706 g/mol. The highest BCUT2D eigenvalue weighted by molar-refractivity contribution is 6.50. The lowest BCUT2D eigenvalue weighted by atomic mass is 10.0. The molecule has 0 N–H and O–H groups in total. The van der Waals surface area contributed by atoms with Crippen LogP contribution in [0.15, 0.2) is 72.8 Å². The highest BCUT2D eigenvalue weighted by Crippen LogP contribution is 2.44. The van der Waals surface area contributed by atoms with Gasteiger partial charge in [-0.15, -0.1) is 0 Å². The van der Waals surface area contributed by atoms with Gasteiger partial charge >= 0.3 is 7.25 Å². The van der Waals surface area contributed by atoms with E-state index in [4.69, 9.17) is 46.4 Å². The zero-order valence-corrected chi connectivity index (χ0v) is 28.3. The van der Waals surface area contributed by atoms with E-state index < -0.39 is 7.25 Å². The molecule has 1 aliphatic heterocycles. The van der Waals surface area contributed by atoms with Gasteiger partial charge in [-0.3, -0.25) is 0 Å². The van der Waals surface area contributed by atoms with Gasteiger partial charge in [-0.2, -0.15) is 4.58 Å². The minimum absolute atomic E-state index is 0.685. The summed E-state index contributed by atoms with van der Waals surface area (Å²) in [6.07, 6.45) is 15.0. The van der Waals surface area contributed by atoms with E-state index in [2.05, 4.69) is 89.8 Å². The lowest BCUT2D eigenvalue weighted by molar-refractivity contribution is -0.436. The molecular formula is C35H31BCl4F4N2. The van der Waals surface area contributed by atoms with Crippen LogP contribution in [-0.4, -0.2) is 28.7 Å². The number of halogens is 8. The summed E-state index contributed by atoms with van der Waals surface area (Å²) in [7, 11) is -6.00. The molecule has 0 amide bonds. The van der Waals surface area contributed by atoms with Crippen molar-refractivity contribution in [2.24, 2.45) is 0 Å². The van der Waals surface area contributed by atoms with Crippen LogP contribution in [0.1, 0.15) is 45.1 Å². The van der Waals surface area contributed by atoms with E-state index in [1.165, 1.54) is 0 Å². The molecule has 0 bridgehead atoms. The molecule has 240 valence electrons. The number of allylic oxidation sites excluding steroid dienone is 4. The zero-order chi connectivity index (χ0) is 33.2. The van der Waals surface area contributed by atoms with Gasteiger partial charge in [0, 0.05) is 45.9 Å². The summed E-state index contributed by atoms with van der Waals surface area (Å²) in [5.74, 6) is 0. The van der Waals surface area contributed by atoms with Crippen LogP contribution in [0.4, 0.5) is 23.0 Å². The second-order valence-corrected chi connectivity index (χ2v) is 12.6. The third-order valence-corrected chi connectivity index (χ3v) is 9.15. The van der Waals surface area contributed by atoms with Gasteiger partial charge in [0.25, 0.3) is 0 Å². The summed E-state index contributed by atoms with van der Waals surface area (Å²) < 4.78 is 43.7. The van der Waals surface area contributed by atoms with Gasteiger partial charge in [0.1, 0.15) is 11.6 Å². The van der Waals surface area contributed by atoms with Crippen molar-refractivity contribution in [3.63, 3.8) is 0 Å². The van der Waals surface area contributed by atoms with Crippen LogP contribution >= 0.6 is 46.4 Å². The summed E-state index contributed by atoms with van der Waals surface area (Å²) in [4.78, 5) is 0. The highest BCUT2D eigenvalue weighted by Gasteiger charge is 2.33. The molecule has 0 unspecified atom stereocenters. The van der Waals surface area contributed by atoms with Crippen LogP contribution < -0.4 is 5.35 Å². The molecule has 0 saturated carbocycles. The summed E-state index contributed by atoms with van der Waals surface area (Å²) >= 11 is 26.7. The Kier molecular flexibility index (Phi) is 10.8. The molecule has 4 aromatic carbocycles. The molecule has 2 heterocycles. The molecule has 46 heavy (non-hydrogen) atoms. The van der Waals surface area contributed by atoms with Crippen molar-refractivity contribution in [1.82, 2.24) is 4.57 Å². The SMILES string of the molecule is CCCCn1\c(=C/C=C/C=C/C2=[N+](CCCC)c3c(Cl)cc(Cl)c4cccc2c34)c2cccc3c(Cl)cc(Cl)c1c32.F[B-](F)(F)F. The molecule has 0 aliphatic carbocycles. The Hall–Kier alpha value is -2.97. The van der Waals surface area contributed by atoms with E-state index in [-0.39, 0.29) is 0 Å². The van der Waals surface area contributed by atoms with Crippen molar-refractivity contribution in [2.75, 3.05) is 6.54 Å². The van der Waals surface area contributed by atoms with E-state index >= 15 is 0 Å². The predicted molar refractivity (Wildman–Crippen MR) is 190 cm³/mol. The number of unbranched alkanes of at least 4 members (excludes halogenated alkanes) is 2. The average molecular weight is 708 g/mol. The highest BCUT2D eigenvalue weighted by atomic mass is 35.5. The maximum absolute atomic E-state index is 9.75. The number of nitrogens with zero attached hydrogens (tertiary/aromatic N) is 2. The summed E-state index contributed by atoms with van der Waals surface area (Å²) in [5.41, 5.74) is 4.42. The topological polar surface area (TPSA) is 7.94 Å². The Morgan fingerprint density at radius 1 is 0.739 bits per heavy atom. The van der Waals surface area contributed by atoms with Crippen LogP contribution in [0.25, 0.3) is 38.5 Å². The molecule has 0 atom stereocenters.